The molecule has 0 saturated heterocycles. The smallest absolute Gasteiger partial charge is 0.417 e. The number of ether oxygens (including phenoxy) is 1. The van der Waals surface area contributed by atoms with Crippen molar-refractivity contribution < 1.29 is 39.9 Å². The molecule has 0 fully saturated rings. The predicted octanol–water partition coefficient (Wildman–Crippen LogP) is 11.1. The first-order valence-electron chi connectivity index (χ1n) is 14.4. The van der Waals surface area contributed by atoms with E-state index in [4.69, 9.17) is 4.74 Å². The van der Waals surface area contributed by atoms with Crippen LogP contribution in [0.4, 0.5) is 35.1 Å². The summed E-state index contributed by atoms with van der Waals surface area (Å²) in [5.74, 6) is -1.42. The zero-order valence-corrected chi connectivity index (χ0v) is 24.6. The third-order valence-electron chi connectivity index (χ3n) is 9.12. The van der Waals surface area contributed by atoms with Crippen LogP contribution in [0, 0.1) is 18.6 Å². The minimum atomic E-state index is -5.20. The predicted molar refractivity (Wildman–Crippen MR) is 159 cm³/mol. The van der Waals surface area contributed by atoms with E-state index in [0.717, 1.165) is 41.5 Å². The summed E-state index contributed by atoms with van der Waals surface area (Å²) >= 11 is 0. The second kappa shape index (κ2) is 9.67. The second-order valence-corrected chi connectivity index (χ2v) is 12.2. The van der Waals surface area contributed by atoms with Crippen LogP contribution < -0.4 is 4.74 Å². The Morgan fingerprint density at radius 1 is 0.696 bits per heavy atom. The Hall–Kier alpha value is -4.66. The Bertz CT molecular complexity index is 2040. The molecule has 0 aromatic heterocycles. The first-order chi connectivity index (χ1) is 21.5. The van der Waals surface area contributed by atoms with Gasteiger partial charge in [0, 0.05) is 27.5 Å². The van der Waals surface area contributed by atoms with Crippen LogP contribution in [0.5, 0.6) is 5.75 Å². The maximum Gasteiger partial charge on any atom is 0.417 e. The van der Waals surface area contributed by atoms with Crippen LogP contribution >= 0.6 is 0 Å². The summed E-state index contributed by atoms with van der Waals surface area (Å²) in [6, 6.07) is 16.4. The molecule has 0 radical (unpaired) electrons. The van der Waals surface area contributed by atoms with Gasteiger partial charge >= 0.3 is 12.4 Å². The fraction of sp³-hybridized carbons (Fsp3) is 0.189. The number of benzene rings is 5. The van der Waals surface area contributed by atoms with E-state index in [0.29, 0.717) is 22.3 Å². The van der Waals surface area contributed by atoms with Crippen LogP contribution in [0.2, 0.25) is 0 Å². The molecule has 234 valence electrons. The van der Waals surface area contributed by atoms with Crippen molar-refractivity contribution in [3.63, 3.8) is 0 Å². The van der Waals surface area contributed by atoms with E-state index >= 15 is 0 Å². The lowest BCUT2D eigenvalue weighted by molar-refractivity contribution is -0.142. The van der Waals surface area contributed by atoms with E-state index in [1.807, 2.05) is 26.8 Å². The summed E-state index contributed by atoms with van der Waals surface area (Å²) in [5.41, 5.74) is -1.61. The van der Waals surface area contributed by atoms with Gasteiger partial charge < -0.3 is 4.74 Å². The van der Waals surface area contributed by atoms with Gasteiger partial charge in [0.1, 0.15) is 17.4 Å². The van der Waals surface area contributed by atoms with Gasteiger partial charge in [-0.3, -0.25) is 0 Å². The molecule has 1 aliphatic carbocycles. The molecule has 7 rings (SSSR count). The molecule has 0 saturated carbocycles. The highest BCUT2D eigenvalue weighted by Crippen LogP contribution is 2.60. The lowest BCUT2D eigenvalue weighted by atomic mass is 9.75. The Morgan fingerprint density at radius 2 is 1.28 bits per heavy atom. The molecule has 5 aromatic carbocycles. The van der Waals surface area contributed by atoms with Crippen molar-refractivity contribution >= 4 is 16.8 Å². The number of hydrogen-bond acceptors (Lipinski definition) is 1. The van der Waals surface area contributed by atoms with Crippen molar-refractivity contribution in [3.8, 4) is 16.9 Å². The van der Waals surface area contributed by atoms with Crippen LogP contribution in [0.1, 0.15) is 58.4 Å². The molecule has 0 amide bonds. The lowest BCUT2D eigenvalue weighted by Gasteiger charge is -2.39. The summed E-state index contributed by atoms with van der Waals surface area (Å²) in [5, 5.41) is -0.784. The van der Waals surface area contributed by atoms with E-state index in [9.17, 15) is 35.1 Å². The molecular weight excluding hydrogens is 612 g/mol. The van der Waals surface area contributed by atoms with Crippen molar-refractivity contribution in [1.29, 1.82) is 0 Å². The largest absolute Gasteiger partial charge is 0.472 e. The van der Waals surface area contributed by atoms with Gasteiger partial charge in [0.25, 0.3) is 0 Å². The van der Waals surface area contributed by atoms with Gasteiger partial charge in [-0.25, -0.2) is 8.78 Å². The van der Waals surface area contributed by atoms with E-state index in [2.05, 4.69) is 0 Å². The van der Waals surface area contributed by atoms with Gasteiger partial charge in [-0.1, -0.05) is 62.4 Å². The third kappa shape index (κ3) is 4.27. The van der Waals surface area contributed by atoms with Gasteiger partial charge in [-0.2, -0.15) is 26.3 Å². The van der Waals surface area contributed by atoms with Crippen LogP contribution in [0.25, 0.3) is 28.0 Å². The molecule has 1 heterocycles. The first-order valence-corrected chi connectivity index (χ1v) is 14.4. The summed E-state index contributed by atoms with van der Waals surface area (Å²) in [6.45, 7) is 5.61. The molecule has 2 aliphatic rings. The van der Waals surface area contributed by atoms with E-state index in [-0.39, 0.29) is 28.3 Å². The minimum absolute atomic E-state index is 0.116. The van der Waals surface area contributed by atoms with Crippen molar-refractivity contribution in [3.05, 3.63) is 141 Å². The zero-order chi connectivity index (χ0) is 33.0. The fourth-order valence-electron chi connectivity index (χ4n) is 7.28. The number of alkyl halides is 6. The SMILES string of the molecule is Cc1cccc2c1C(C)(C)c1c3c(c4c(C(F)(F)F)cc(C(F)(F)F)cc4c1-2)OC(c1ccc(F)cc1)(c1ccc(F)cc1)C=C3. The Labute approximate surface area is 258 Å². The maximum atomic E-state index is 14.9. The number of rotatable bonds is 2. The molecule has 0 bridgehead atoms. The van der Waals surface area contributed by atoms with Gasteiger partial charge in [-0.15, -0.1) is 0 Å². The second-order valence-electron chi connectivity index (χ2n) is 12.2. The molecule has 5 aromatic rings. The van der Waals surface area contributed by atoms with E-state index in [1.54, 1.807) is 24.3 Å². The minimum Gasteiger partial charge on any atom is -0.472 e. The fourth-order valence-corrected chi connectivity index (χ4v) is 7.28. The monoisotopic (exact) mass is 636 g/mol. The van der Waals surface area contributed by atoms with Crippen LogP contribution in [0.3, 0.4) is 0 Å². The highest BCUT2D eigenvalue weighted by molar-refractivity contribution is 6.10. The third-order valence-corrected chi connectivity index (χ3v) is 9.12. The van der Waals surface area contributed by atoms with Crippen LogP contribution in [0.15, 0.2) is 84.9 Å². The van der Waals surface area contributed by atoms with Crippen LogP contribution in [-0.4, -0.2) is 0 Å². The van der Waals surface area contributed by atoms with Crippen molar-refractivity contribution in [2.75, 3.05) is 0 Å². The molecule has 1 nitrogen and oxygen atoms in total. The van der Waals surface area contributed by atoms with Crippen molar-refractivity contribution in [1.82, 2.24) is 0 Å². The quantitative estimate of drug-likeness (QED) is 0.175. The molecule has 0 unspecified atom stereocenters. The number of fused-ring (bicyclic) bond motifs is 8. The Kier molecular flexibility index (Phi) is 6.31. The standard InChI is InChI=1S/C37H24F8O/c1-19-5-4-6-25-29-27-17-22(36(40,41)42)18-28(37(43,44)45)30(27)33-26(32(29)34(2,3)31(19)25)15-16-35(46-33,20-7-11-23(38)12-8-20)21-9-13-24(39)14-10-21/h4-18H,1-3H3. The Balaban J connectivity index is 1.67. The summed E-state index contributed by atoms with van der Waals surface area (Å²) in [7, 11) is 0. The van der Waals surface area contributed by atoms with Crippen LogP contribution in [-0.2, 0) is 23.4 Å². The molecule has 0 N–H and O–H groups in total. The van der Waals surface area contributed by atoms with E-state index in [1.165, 1.54) is 24.3 Å². The Morgan fingerprint density at radius 3 is 1.83 bits per heavy atom. The maximum absolute atomic E-state index is 14.9. The molecule has 1 aliphatic heterocycles. The van der Waals surface area contributed by atoms with E-state index < -0.39 is 51.5 Å². The van der Waals surface area contributed by atoms with Crippen molar-refractivity contribution in [2.24, 2.45) is 0 Å². The topological polar surface area (TPSA) is 9.23 Å². The number of aryl methyl sites for hydroxylation is 1. The average molecular weight is 637 g/mol. The normalized spacial score (nSPS) is 16.2. The van der Waals surface area contributed by atoms with Gasteiger partial charge in [0.2, 0.25) is 0 Å². The van der Waals surface area contributed by atoms with Gasteiger partial charge in [0.05, 0.1) is 11.1 Å². The van der Waals surface area contributed by atoms with Gasteiger partial charge in [-0.05, 0) is 82.6 Å². The molecule has 46 heavy (non-hydrogen) atoms. The summed E-state index contributed by atoms with van der Waals surface area (Å²) < 4.78 is 122. The molecular formula is C37H24F8O. The number of halogens is 8. The lowest BCUT2D eigenvalue weighted by Crippen LogP contribution is -2.35. The summed E-state index contributed by atoms with van der Waals surface area (Å²) in [6.07, 6.45) is -7.05. The molecule has 0 spiro atoms. The summed E-state index contributed by atoms with van der Waals surface area (Å²) in [4.78, 5) is 0. The van der Waals surface area contributed by atoms with Crippen molar-refractivity contribution in [2.45, 2.75) is 44.1 Å². The highest BCUT2D eigenvalue weighted by Gasteiger charge is 2.48. The number of hydrogen-bond donors (Lipinski definition) is 0. The first kappa shape index (κ1) is 30.0. The average Bonchev–Trinajstić information content (AvgIpc) is 3.24. The van der Waals surface area contributed by atoms with Gasteiger partial charge in [0.15, 0.2) is 5.60 Å². The highest BCUT2D eigenvalue weighted by atomic mass is 19.4. The zero-order valence-electron chi connectivity index (χ0n) is 24.6. The molecule has 9 heteroatoms. The molecule has 0 atom stereocenters.